The first-order chi connectivity index (χ1) is 12.2. The fourth-order valence-corrected chi connectivity index (χ4v) is 5.59. The second-order valence-corrected chi connectivity index (χ2v) is 8.92. The van der Waals surface area contributed by atoms with Crippen LogP contribution in [0.1, 0.15) is 92.7 Å². The van der Waals surface area contributed by atoms with Crippen LogP contribution in [0.4, 0.5) is 13.2 Å². The van der Waals surface area contributed by atoms with Gasteiger partial charge in [-0.25, -0.2) is 8.42 Å². The Kier molecular flexibility index (Phi) is 5.68. The molecule has 0 N–H and O–H groups in total. The van der Waals surface area contributed by atoms with E-state index in [1.807, 2.05) is 0 Å². The quantitative estimate of drug-likeness (QED) is 0.623. The first-order valence-corrected chi connectivity index (χ1v) is 10.8. The van der Waals surface area contributed by atoms with Crippen molar-refractivity contribution in [3.8, 4) is 0 Å². The average Bonchev–Trinajstić information content (AvgIpc) is 2.60. The van der Waals surface area contributed by atoms with Gasteiger partial charge in [-0.3, -0.25) is 0 Å². The molecule has 0 spiro atoms. The minimum atomic E-state index is -4.84. The minimum absolute atomic E-state index is 0.107. The Morgan fingerprint density at radius 1 is 0.808 bits per heavy atom. The Hall–Kier alpha value is -1.08. The maximum absolute atomic E-state index is 13.5. The number of alkyl halides is 3. The lowest BCUT2D eigenvalue weighted by Crippen LogP contribution is -2.19. The van der Waals surface area contributed by atoms with E-state index >= 15 is 0 Å². The number of hydrogen-bond donors (Lipinski definition) is 0. The van der Waals surface area contributed by atoms with Gasteiger partial charge in [-0.2, -0.15) is 13.2 Å². The lowest BCUT2D eigenvalue weighted by atomic mass is 9.79. The van der Waals surface area contributed by atoms with E-state index < -0.39 is 21.9 Å². The molecule has 3 rings (SSSR count). The van der Waals surface area contributed by atoms with Gasteiger partial charge in [0.1, 0.15) is 10.1 Å². The highest BCUT2D eigenvalue weighted by Gasteiger charge is 2.36. The number of benzene rings is 1. The van der Waals surface area contributed by atoms with Crippen LogP contribution >= 0.6 is 0 Å². The standard InChI is InChI=1S/C19H25F3O3S/c20-19(21,22)15-11-16(13-7-3-1-4-8-13)18(26(23,24)25)17(12-15)14-9-5-2-6-10-14/h11-14H,1-10H2,(H,23,24,25)/p-1. The van der Waals surface area contributed by atoms with Crippen LogP contribution in [0.2, 0.25) is 0 Å². The number of halogens is 3. The van der Waals surface area contributed by atoms with Crippen LogP contribution in [0, 0.1) is 0 Å². The maximum Gasteiger partial charge on any atom is 0.416 e. The molecule has 2 fully saturated rings. The summed E-state index contributed by atoms with van der Waals surface area (Å²) < 4.78 is 76.7. The Bertz CT molecular complexity index is 705. The van der Waals surface area contributed by atoms with Crippen molar-refractivity contribution in [3.63, 3.8) is 0 Å². The van der Waals surface area contributed by atoms with Crippen molar-refractivity contribution in [2.75, 3.05) is 0 Å². The Morgan fingerprint density at radius 2 is 1.19 bits per heavy atom. The van der Waals surface area contributed by atoms with E-state index in [1.165, 1.54) is 0 Å². The summed E-state index contributed by atoms with van der Waals surface area (Å²) in [6.07, 6.45) is 3.34. The van der Waals surface area contributed by atoms with Crippen LogP contribution in [0.25, 0.3) is 0 Å². The summed E-state index contributed by atoms with van der Waals surface area (Å²) >= 11 is 0. The van der Waals surface area contributed by atoms with Crippen molar-refractivity contribution in [1.29, 1.82) is 0 Å². The van der Waals surface area contributed by atoms with Crippen LogP contribution in [0.15, 0.2) is 17.0 Å². The second-order valence-electron chi connectivity index (χ2n) is 7.61. The van der Waals surface area contributed by atoms with Gasteiger partial charge in [0, 0.05) is 0 Å². The van der Waals surface area contributed by atoms with Crippen molar-refractivity contribution in [3.05, 3.63) is 28.8 Å². The van der Waals surface area contributed by atoms with Crippen molar-refractivity contribution in [2.45, 2.75) is 87.1 Å². The lowest BCUT2D eigenvalue weighted by molar-refractivity contribution is -0.137. The van der Waals surface area contributed by atoms with E-state index in [9.17, 15) is 26.1 Å². The predicted octanol–water partition coefficient (Wildman–Crippen LogP) is 5.70. The molecule has 0 radical (unpaired) electrons. The van der Waals surface area contributed by atoms with Gasteiger partial charge in [-0.05, 0) is 60.8 Å². The molecule has 0 heterocycles. The maximum atomic E-state index is 13.5. The topological polar surface area (TPSA) is 57.2 Å². The second kappa shape index (κ2) is 7.50. The normalized spacial score (nSPS) is 21.1. The summed E-state index contributed by atoms with van der Waals surface area (Å²) in [5.74, 6) is -0.570. The summed E-state index contributed by atoms with van der Waals surface area (Å²) in [6.45, 7) is 0. The Labute approximate surface area is 152 Å². The van der Waals surface area contributed by atoms with Crippen LogP contribution < -0.4 is 0 Å². The monoisotopic (exact) mass is 389 g/mol. The van der Waals surface area contributed by atoms with Crippen LogP contribution in [0.3, 0.4) is 0 Å². The zero-order valence-electron chi connectivity index (χ0n) is 14.6. The number of rotatable bonds is 3. The highest BCUT2D eigenvalue weighted by Crippen LogP contribution is 2.45. The van der Waals surface area contributed by atoms with Crippen molar-refractivity contribution in [1.82, 2.24) is 0 Å². The molecule has 2 aliphatic rings. The highest BCUT2D eigenvalue weighted by atomic mass is 32.2. The molecular weight excluding hydrogens is 365 g/mol. The van der Waals surface area contributed by atoms with Gasteiger partial charge in [0.15, 0.2) is 0 Å². The third-order valence-corrected chi connectivity index (χ3v) is 6.79. The molecule has 0 amide bonds. The zero-order valence-corrected chi connectivity index (χ0v) is 15.5. The van der Waals surface area contributed by atoms with Gasteiger partial charge in [0.25, 0.3) is 0 Å². The molecule has 26 heavy (non-hydrogen) atoms. The van der Waals surface area contributed by atoms with Gasteiger partial charge < -0.3 is 4.55 Å². The molecule has 2 aliphatic carbocycles. The molecule has 0 atom stereocenters. The molecule has 7 heteroatoms. The SMILES string of the molecule is O=S(=O)([O-])c1c(C2CCCCC2)cc(C(F)(F)F)cc1C1CCCCC1. The highest BCUT2D eigenvalue weighted by molar-refractivity contribution is 7.85. The molecule has 1 aromatic carbocycles. The molecule has 146 valence electrons. The molecule has 2 saturated carbocycles. The summed E-state index contributed by atoms with van der Waals surface area (Å²) in [6, 6.07) is 1.85. The predicted molar refractivity (Wildman–Crippen MR) is 91.1 cm³/mol. The first kappa shape index (κ1) is 19.7. The molecule has 0 aliphatic heterocycles. The van der Waals surface area contributed by atoms with E-state index in [1.54, 1.807) is 0 Å². The van der Waals surface area contributed by atoms with Crippen LogP contribution in [-0.2, 0) is 16.3 Å². The third kappa shape index (κ3) is 4.25. The lowest BCUT2D eigenvalue weighted by Gasteiger charge is -2.31. The van der Waals surface area contributed by atoms with Crippen molar-refractivity contribution < 1.29 is 26.1 Å². The summed E-state index contributed by atoms with van der Waals surface area (Å²) in [5.41, 5.74) is -0.615. The van der Waals surface area contributed by atoms with Gasteiger partial charge in [-0.1, -0.05) is 38.5 Å². The Morgan fingerprint density at radius 3 is 1.50 bits per heavy atom. The van der Waals surface area contributed by atoms with E-state index in [0.29, 0.717) is 25.7 Å². The van der Waals surface area contributed by atoms with E-state index in [0.717, 1.165) is 50.7 Å². The fraction of sp³-hybridized carbons (Fsp3) is 0.684. The van der Waals surface area contributed by atoms with Gasteiger partial charge in [0.05, 0.1) is 10.5 Å². The van der Waals surface area contributed by atoms with E-state index in [4.69, 9.17) is 0 Å². The molecular formula is C19H24F3O3S-. The fourth-order valence-electron chi connectivity index (χ4n) is 4.56. The Balaban J connectivity index is 2.22. The smallest absolute Gasteiger partial charge is 0.416 e. The molecule has 0 bridgehead atoms. The molecule has 0 unspecified atom stereocenters. The van der Waals surface area contributed by atoms with Crippen molar-refractivity contribution in [2.24, 2.45) is 0 Å². The minimum Gasteiger partial charge on any atom is -0.744 e. The third-order valence-electron chi connectivity index (χ3n) is 5.81. The summed E-state index contributed by atoms with van der Waals surface area (Å²) in [5, 5.41) is 0. The molecule has 0 aromatic heterocycles. The summed E-state index contributed by atoms with van der Waals surface area (Å²) in [4.78, 5) is -0.357. The van der Waals surface area contributed by atoms with E-state index in [2.05, 4.69) is 0 Å². The molecule has 1 aromatic rings. The largest absolute Gasteiger partial charge is 0.744 e. The zero-order chi connectivity index (χ0) is 18.9. The first-order valence-electron chi connectivity index (χ1n) is 9.39. The van der Waals surface area contributed by atoms with Gasteiger partial charge >= 0.3 is 6.18 Å². The van der Waals surface area contributed by atoms with Gasteiger partial charge in [-0.15, -0.1) is 0 Å². The van der Waals surface area contributed by atoms with Crippen LogP contribution in [0.5, 0.6) is 0 Å². The van der Waals surface area contributed by atoms with Gasteiger partial charge in [0.2, 0.25) is 0 Å². The molecule has 3 nitrogen and oxygen atoms in total. The van der Waals surface area contributed by atoms with Crippen molar-refractivity contribution >= 4 is 10.1 Å². The average molecular weight is 389 g/mol. The van der Waals surface area contributed by atoms with E-state index in [-0.39, 0.29) is 27.9 Å². The van der Waals surface area contributed by atoms with Crippen LogP contribution in [-0.4, -0.2) is 13.0 Å². The molecule has 0 saturated heterocycles. The number of hydrogen-bond acceptors (Lipinski definition) is 3. The summed E-state index contributed by atoms with van der Waals surface area (Å²) in [7, 11) is -4.84.